The summed E-state index contributed by atoms with van der Waals surface area (Å²) in [6.45, 7) is 7.33. The molecule has 1 heterocycles. The third kappa shape index (κ3) is 4.04. The predicted molar refractivity (Wildman–Crippen MR) is 110 cm³/mol. The highest BCUT2D eigenvalue weighted by Gasteiger charge is 2.19. The van der Waals surface area contributed by atoms with Crippen LogP contribution in [-0.2, 0) is 21.1 Å². The van der Waals surface area contributed by atoms with Gasteiger partial charge in [-0.2, -0.15) is 0 Å². The van der Waals surface area contributed by atoms with E-state index in [2.05, 4.69) is 10.3 Å². The van der Waals surface area contributed by atoms with E-state index in [1.807, 2.05) is 26.0 Å². The molecule has 0 bridgehead atoms. The number of aryl methyl sites for hydroxylation is 2. The zero-order valence-electron chi connectivity index (χ0n) is 15.7. The molecule has 0 aliphatic carbocycles. The minimum absolute atomic E-state index is 0.163. The van der Waals surface area contributed by atoms with Gasteiger partial charge in [-0.3, -0.25) is 4.79 Å². The van der Waals surface area contributed by atoms with Crippen LogP contribution in [0.25, 0.3) is 10.2 Å². The molecule has 142 valence electrons. The van der Waals surface area contributed by atoms with Crippen LogP contribution in [0.5, 0.6) is 0 Å². The quantitative estimate of drug-likeness (QED) is 0.691. The SMILES string of the molecule is Cc1ccc(C)c2sc(NC(=O)Cc3ccc(S(=O)(=O)C(C)C)cc3)nc12. The van der Waals surface area contributed by atoms with Crippen molar-refractivity contribution in [3.63, 3.8) is 0 Å². The Morgan fingerprint density at radius 3 is 2.30 bits per heavy atom. The number of hydrogen-bond donors (Lipinski definition) is 1. The predicted octanol–water partition coefficient (Wildman–Crippen LogP) is 4.28. The van der Waals surface area contributed by atoms with Gasteiger partial charge in [-0.1, -0.05) is 35.6 Å². The van der Waals surface area contributed by atoms with Gasteiger partial charge < -0.3 is 5.32 Å². The van der Waals surface area contributed by atoms with E-state index < -0.39 is 15.1 Å². The van der Waals surface area contributed by atoms with Gasteiger partial charge in [0, 0.05) is 0 Å². The molecule has 0 unspecified atom stereocenters. The topological polar surface area (TPSA) is 76.1 Å². The second-order valence-corrected chi connectivity index (χ2v) is 10.4. The zero-order chi connectivity index (χ0) is 19.8. The lowest BCUT2D eigenvalue weighted by atomic mass is 10.1. The second-order valence-electron chi connectivity index (χ2n) is 6.86. The van der Waals surface area contributed by atoms with E-state index in [1.165, 1.54) is 11.3 Å². The van der Waals surface area contributed by atoms with Gasteiger partial charge in [0.15, 0.2) is 15.0 Å². The molecular formula is C20H22N2O3S2. The standard InChI is InChI=1S/C20H22N2O3S2/c1-12(2)27(24,25)16-9-7-15(8-10-16)11-17(23)21-20-22-18-13(3)5-6-14(4)19(18)26-20/h5-10,12H,11H2,1-4H3,(H,21,22,23). The largest absolute Gasteiger partial charge is 0.302 e. The monoisotopic (exact) mass is 402 g/mol. The molecule has 0 radical (unpaired) electrons. The van der Waals surface area contributed by atoms with Gasteiger partial charge in [-0.25, -0.2) is 13.4 Å². The number of sulfone groups is 1. The molecule has 0 aliphatic heterocycles. The first-order valence-corrected chi connectivity index (χ1v) is 11.0. The molecule has 1 aromatic heterocycles. The Labute approximate surface area is 163 Å². The van der Waals surface area contributed by atoms with Crippen LogP contribution in [0.15, 0.2) is 41.3 Å². The van der Waals surface area contributed by atoms with E-state index in [0.717, 1.165) is 26.9 Å². The van der Waals surface area contributed by atoms with Crippen molar-refractivity contribution in [3.8, 4) is 0 Å². The smallest absolute Gasteiger partial charge is 0.230 e. The van der Waals surface area contributed by atoms with E-state index in [4.69, 9.17) is 0 Å². The number of aromatic nitrogens is 1. The first-order chi connectivity index (χ1) is 12.7. The Balaban J connectivity index is 1.73. The van der Waals surface area contributed by atoms with Crippen molar-refractivity contribution in [1.29, 1.82) is 0 Å². The van der Waals surface area contributed by atoms with Crippen LogP contribution in [-0.4, -0.2) is 24.6 Å². The van der Waals surface area contributed by atoms with E-state index in [0.29, 0.717) is 5.13 Å². The van der Waals surface area contributed by atoms with Crippen LogP contribution < -0.4 is 5.32 Å². The maximum Gasteiger partial charge on any atom is 0.230 e. The number of nitrogens with zero attached hydrogens (tertiary/aromatic N) is 1. The fraction of sp³-hybridized carbons (Fsp3) is 0.300. The number of fused-ring (bicyclic) bond motifs is 1. The molecule has 0 fully saturated rings. The fourth-order valence-electron chi connectivity index (χ4n) is 2.73. The third-order valence-electron chi connectivity index (χ3n) is 4.43. The number of carbonyl (C=O) groups is 1. The van der Waals surface area contributed by atoms with Crippen molar-refractivity contribution in [1.82, 2.24) is 4.98 Å². The summed E-state index contributed by atoms with van der Waals surface area (Å²) >= 11 is 1.46. The van der Waals surface area contributed by atoms with Crippen LogP contribution in [0.1, 0.15) is 30.5 Å². The van der Waals surface area contributed by atoms with Crippen molar-refractivity contribution in [2.45, 2.75) is 44.3 Å². The lowest BCUT2D eigenvalue weighted by molar-refractivity contribution is -0.115. The van der Waals surface area contributed by atoms with Crippen LogP contribution >= 0.6 is 11.3 Å². The van der Waals surface area contributed by atoms with E-state index in [9.17, 15) is 13.2 Å². The molecule has 7 heteroatoms. The number of benzene rings is 2. The summed E-state index contributed by atoms with van der Waals surface area (Å²) in [4.78, 5) is 17.2. The first-order valence-electron chi connectivity index (χ1n) is 8.68. The maximum atomic E-state index is 12.4. The number of nitrogens with one attached hydrogen (secondary N) is 1. The Hall–Kier alpha value is -2.25. The van der Waals surface area contributed by atoms with Gasteiger partial charge in [-0.05, 0) is 56.5 Å². The summed E-state index contributed by atoms with van der Waals surface area (Å²) in [7, 11) is -3.30. The van der Waals surface area contributed by atoms with Gasteiger partial charge in [0.1, 0.15) is 0 Å². The molecule has 3 aromatic rings. The summed E-state index contributed by atoms with van der Waals surface area (Å²) in [6.07, 6.45) is 0.163. The summed E-state index contributed by atoms with van der Waals surface area (Å²) in [5.74, 6) is -0.177. The lowest BCUT2D eigenvalue weighted by Gasteiger charge is -2.08. The molecular weight excluding hydrogens is 380 g/mol. The summed E-state index contributed by atoms with van der Waals surface area (Å²) in [6, 6.07) is 10.6. The number of rotatable bonds is 5. The number of anilines is 1. The molecule has 27 heavy (non-hydrogen) atoms. The highest BCUT2D eigenvalue weighted by Crippen LogP contribution is 2.30. The van der Waals surface area contributed by atoms with Crippen LogP contribution in [0, 0.1) is 13.8 Å². The molecule has 3 rings (SSSR count). The Morgan fingerprint density at radius 1 is 1.07 bits per heavy atom. The van der Waals surface area contributed by atoms with Gasteiger partial charge >= 0.3 is 0 Å². The second kappa shape index (κ2) is 7.40. The third-order valence-corrected chi connectivity index (χ3v) is 7.70. The van der Waals surface area contributed by atoms with Crippen molar-refractivity contribution < 1.29 is 13.2 Å². The average molecular weight is 403 g/mol. The highest BCUT2D eigenvalue weighted by molar-refractivity contribution is 7.92. The molecule has 1 amide bonds. The number of hydrogen-bond acceptors (Lipinski definition) is 5. The first kappa shape index (κ1) is 19.5. The Kier molecular flexibility index (Phi) is 5.35. The molecule has 0 aliphatic rings. The summed E-state index contributed by atoms with van der Waals surface area (Å²) in [5.41, 5.74) is 3.88. The number of thiazole rings is 1. The maximum absolute atomic E-state index is 12.4. The minimum atomic E-state index is -3.30. The number of amides is 1. The highest BCUT2D eigenvalue weighted by atomic mass is 32.2. The minimum Gasteiger partial charge on any atom is -0.302 e. The summed E-state index contributed by atoms with van der Waals surface area (Å²) in [5, 5.41) is 2.95. The van der Waals surface area contributed by atoms with Gasteiger partial charge in [0.25, 0.3) is 0 Å². The molecule has 5 nitrogen and oxygen atoms in total. The van der Waals surface area contributed by atoms with Gasteiger partial charge in [0.2, 0.25) is 5.91 Å². The van der Waals surface area contributed by atoms with Crippen molar-refractivity contribution >= 4 is 42.4 Å². The van der Waals surface area contributed by atoms with Gasteiger partial charge in [-0.15, -0.1) is 0 Å². The van der Waals surface area contributed by atoms with Crippen LogP contribution in [0.2, 0.25) is 0 Å². The number of carbonyl (C=O) groups excluding carboxylic acids is 1. The molecule has 2 aromatic carbocycles. The van der Waals surface area contributed by atoms with Gasteiger partial charge in [0.05, 0.1) is 26.8 Å². The van der Waals surface area contributed by atoms with E-state index >= 15 is 0 Å². The van der Waals surface area contributed by atoms with Crippen molar-refractivity contribution in [2.75, 3.05) is 5.32 Å². The van der Waals surface area contributed by atoms with Crippen LogP contribution in [0.3, 0.4) is 0 Å². The van der Waals surface area contributed by atoms with Crippen molar-refractivity contribution in [2.24, 2.45) is 0 Å². The van der Waals surface area contributed by atoms with Crippen molar-refractivity contribution in [3.05, 3.63) is 53.1 Å². The Morgan fingerprint density at radius 2 is 1.70 bits per heavy atom. The Bertz CT molecular complexity index is 1060. The van der Waals surface area contributed by atoms with E-state index in [-0.39, 0.29) is 17.2 Å². The normalized spacial score (nSPS) is 11.9. The van der Waals surface area contributed by atoms with Crippen LogP contribution in [0.4, 0.5) is 5.13 Å². The zero-order valence-corrected chi connectivity index (χ0v) is 17.4. The molecule has 0 atom stereocenters. The van der Waals surface area contributed by atoms with E-state index in [1.54, 1.807) is 38.1 Å². The average Bonchev–Trinajstić information content (AvgIpc) is 3.03. The lowest BCUT2D eigenvalue weighted by Crippen LogP contribution is -2.15. The molecule has 1 N–H and O–H groups in total. The molecule has 0 saturated heterocycles. The molecule has 0 saturated carbocycles. The molecule has 0 spiro atoms. The fourth-order valence-corrected chi connectivity index (χ4v) is 4.82. The summed E-state index contributed by atoms with van der Waals surface area (Å²) < 4.78 is 25.4.